The Kier molecular flexibility index (Phi) is 24.1. The zero-order valence-electron chi connectivity index (χ0n) is 15.2. The van der Waals surface area contributed by atoms with E-state index in [1.54, 1.807) is 0 Å². The molecule has 0 amide bonds. The molecule has 0 aromatic rings. The molecule has 8 nitrogen and oxygen atoms in total. The minimum atomic E-state index is 0.536. The van der Waals surface area contributed by atoms with Crippen LogP contribution in [0.4, 0.5) is 0 Å². The lowest BCUT2D eigenvalue weighted by Gasteiger charge is -2.08. The van der Waals surface area contributed by atoms with E-state index >= 15 is 0 Å². The van der Waals surface area contributed by atoms with Crippen molar-refractivity contribution < 1.29 is 33.2 Å². The summed E-state index contributed by atoms with van der Waals surface area (Å²) in [6.45, 7) is 8.45. The third-order valence-electron chi connectivity index (χ3n) is 2.73. The van der Waals surface area contributed by atoms with E-state index in [1.807, 2.05) is 0 Å². The molecule has 0 saturated carbocycles. The van der Waals surface area contributed by atoms with E-state index in [9.17, 15) is 0 Å². The maximum absolute atomic E-state index is 5.39. The van der Waals surface area contributed by atoms with Crippen LogP contribution in [0, 0.1) is 0 Å². The minimum Gasteiger partial charge on any atom is -0.378 e. The Morgan fingerprint density at radius 3 is 0.880 bits per heavy atom. The maximum Gasteiger partial charge on any atom is 0.0701 e. The second-order valence-corrected chi connectivity index (χ2v) is 5.25. The van der Waals surface area contributed by atoms with Crippen molar-refractivity contribution in [3.63, 3.8) is 0 Å². The molecule has 0 aromatic heterocycles. The summed E-state index contributed by atoms with van der Waals surface area (Å²) >= 11 is 4.05. The second-order valence-electron chi connectivity index (χ2n) is 4.80. The van der Waals surface area contributed by atoms with Crippen LogP contribution in [0.25, 0.3) is 0 Å². The van der Waals surface area contributed by atoms with Crippen LogP contribution in [0.15, 0.2) is 0 Å². The summed E-state index contributed by atoms with van der Waals surface area (Å²) in [7, 11) is 0. The number of nitrogens with two attached hydrogens (primary N) is 1. The predicted octanol–water partition coefficient (Wildman–Crippen LogP) is -0.00890. The van der Waals surface area contributed by atoms with Crippen LogP contribution < -0.4 is 5.73 Å². The summed E-state index contributed by atoms with van der Waals surface area (Å²) in [5.74, 6) is 0.729. The van der Waals surface area contributed by atoms with Crippen LogP contribution in [0.1, 0.15) is 0 Å². The standard InChI is InChI=1S/C16H35NO7S/c17-1-2-18-3-4-19-5-6-20-7-8-21-9-10-22-11-12-23-13-14-24-15-16-25/h25H,1-17H2. The van der Waals surface area contributed by atoms with Gasteiger partial charge in [-0.25, -0.2) is 0 Å². The van der Waals surface area contributed by atoms with Crippen molar-refractivity contribution in [1.29, 1.82) is 0 Å². The molecule has 0 fully saturated rings. The third-order valence-corrected chi connectivity index (χ3v) is 2.91. The predicted molar refractivity (Wildman–Crippen MR) is 98.6 cm³/mol. The number of thiol groups is 1. The lowest BCUT2D eigenvalue weighted by molar-refractivity contribution is -0.0198. The van der Waals surface area contributed by atoms with Crippen molar-refractivity contribution >= 4 is 12.6 Å². The topological polar surface area (TPSA) is 90.6 Å². The smallest absolute Gasteiger partial charge is 0.0701 e. The van der Waals surface area contributed by atoms with Gasteiger partial charge in [0.05, 0.1) is 92.5 Å². The lowest BCUT2D eigenvalue weighted by atomic mass is 10.6. The molecule has 9 heteroatoms. The Labute approximate surface area is 157 Å². The van der Waals surface area contributed by atoms with Crippen LogP contribution >= 0.6 is 12.6 Å². The molecule has 152 valence electrons. The average molecular weight is 386 g/mol. The first kappa shape index (κ1) is 25.0. The number of rotatable bonds is 22. The monoisotopic (exact) mass is 385 g/mol. The van der Waals surface area contributed by atoms with Crippen molar-refractivity contribution in [2.75, 3.05) is 105 Å². The molecule has 0 radical (unpaired) electrons. The van der Waals surface area contributed by atoms with Crippen molar-refractivity contribution in [3.8, 4) is 0 Å². The van der Waals surface area contributed by atoms with E-state index in [1.165, 1.54) is 0 Å². The number of ether oxygens (including phenoxy) is 7. The SMILES string of the molecule is NCCOCCOCCOCCOCCOCCOCCOCCS. The number of hydrogen-bond acceptors (Lipinski definition) is 9. The normalized spacial score (nSPS) is 11.3. The highest BCUT2D eigenvalue weighted by Gasteiger charge is 1.94. The van der Waals surface area contributed by atoms with Crippen LogP contribution in [-0.4, -0.2) is 105 Å². The molecule has 0 aliphatic rings. The van der Waals surface area contributed by atoms with Gasteiger partial charge in [-0.3, -0.25) is 0 Å². The first-order valence-electron chi connectivity index (χ1n) is 8.77. The van der Waals surface area contributed by atoms with E-state index in [-0.39, 0.29) is 0 Å². The van der Waals surface area contributed by atoms with Gasteiger partial charge in [-0.05, 0) is 0 Å². The molecule has 0 heterocycles. The molecule has 0 bridgehead atoms. The van der Waals surface area contributed by atoms with Crippen LogP contribution in [0.5, 0.6) is 0 Å². The van der Waals surface area contributed by atoms with Gasteiger partial charge in [0.2, 0.25) is 0 Å². The highest BCUT2D eigenvalue weighted by molar-refractivity contribution is 7.80. The van der Waals surface area contributed by atoms with Gasteiger partial charge in [-0.1, -0.05) is 0 Å². The molecule has 0 aliphatic carbocycles. The third kappa shape index (κ3) is 24.0. The summed E-state index contributed by atoms with van der Waals surface area (Å²) < 4.78 is 37.2. The Morgan fingerprint density at radius 1 is 0.400 bits per heavy atom. The molecule has 0 spiro atoms. The molecule has 0 aromatic carbocycles. The maximum atomic E-state index is 5.39. The quantitative estimate of drug-likeness (QED) is 0.199. The van der Waals surface area contributed by atoms with Crippen molar-refractivity contribution in [2.24, 2.45) is 5.73 Å². The molecular formula is C16H35NO7S. The zero-order chi connectivity index (χ0) is 18.3. The van der Waals surface area contributed by atoms with E-state index in [0.29, 0.717) is 99.0 Å². The lowest BCUT2D eigenvalue weighted by Crippen LogP contribution is -2.15. The van der Waals surface area contributed by atoms with E-state index in [0.717, 1.165) is 5.75 Å². The Bertz CT molecular complexity index is 219. The molecule has 0 atom stereocenters. The Hall–Kier alpha value is 0.0300. The minimum absolute atomic E-state index is 0.536. The van der Waals surface area contributed by atoms with Crippen LogP contribution in [-0.2, 0) is 33.2 Å². The number of hydrogen-bond donors (Lipinski definition) is 2. The summed E-state index contributed by atoms with van der Waals surface area (Å²) in [5, 5.41) is 0. The molecule has 2 N–H and O–H groups in total. The molecule has 0 unspecified atom stereocenters. The van der Waals surface area contributed by atoms with Gasteiger partial charge in [0.15, 0.2) is 0 Å². The van der Waals surface area contributed by atoms with Gasteiger partial charge in [-0.15, -0.1) is 0 Å². The molecule has 0 aliphatic heterocycles. The first-order valence-corrected chi connectivity index (χ1v) is 9.40. The van der Waals surface area contributed by atoms with Crippen LogP contribution in [0.2, 0.25) is 0 Å². The van der Waals surface area contributed by atoms with Crippen molar-refractivity contribution in [1.82, 2.24) is 0 Å². The Morgan fingerprint density at radius 2 is 0.640 bits per heavy atom. The van der Waals surface area contributed by atoms with Gasteiger partial charge in [-0.2, -0.15) is 12.6 Å². The van der Waals surface area contributed by atoms with Crippen molar-refractivity contribution in [3.05, 3.63) is 0 Å². The Balaban J connectivity index is 2.94. The van der Waals surface area contributed by atoms with Gasteiger partial charge in [0, 0.05) is 12.3 Å². The van der Waals surface area contributed by atoms with Crippen LogP contribution in [0.3, 0.4) is 0 Å². The molecule has 25 heavy (non-hydrogen) atoms. The average Bonchev–Trinajstić information content (AvgIpc) is 2.63. The summed E-state index contributed by atoms with van der Waals surface area (Å²) in [5.41, 5.74) is 5.30. The molecule has 0 rings (SSSR count). The highest BCUT2D eigenvalue weighted by atomic mass is 32.1. The van der Waals surface area contributed by atoms with Gasteiger partial charge in [0.1, 0.15) is 0 Å². The van der Waals surface area contributed by atoms with E-state index in [4.69, 9.17) is 38.9 Å². The molecule has 0 saturated heterocycles. The fraction of sp³-hybridized carbons (Fsp3) is 1.00. The fourth-order valence-corrected chi connectivity index (χ4v) is 1.70. The summed E-state index contributed by atoms with van der Waals surface area (Å²) in [6.07, 6.45) is 0. The summed E-state index contributed by atoms with van der Waals surface area (Å²) in [6, 6.07) is 0. The summed E-state index contributed by atoms with van der Waals surface area (Å²) in [4.78, 5) is 0. The second kappa shape index (κ2) is 24.0. The largest absolute Gasteiger partial charge is 0.378 e. The van der Waals surface area contributed by atoms with Gasteiger partial charge in [0.25, 0.3) is 0 Å². The fourth-order valence-electron chi connectivity index (χ4n) is 1.57. The molecular weight excluding hydrogens is 350 g/mol. The van der Waals surface area contributed by atoms with Gasteiger partial charge >= 0.3 is 0 Å². The van der Waals surface area contributed by atoms with E-state index < -0.39 is 0 Å². The highest BCUT2D eigenvalue weighted by Crippen LogP contribution is 1.85. The first-order chi connectivity index (χ1) is 12.4. The van der Waals surface area contributed by atoms with E-state index in [2.05, 4.69) is 12.6 Å². The van der Waals surface area contributed by atoms with Gasteiger partial charge < -0.3 is 38.9 Å². The van der Waals surface area contributed by atoms with Crippen molar-refractivity contribution in [2.45, 2.75) is 0 Å². The zero-order valence-corrected chi connectivity index (χ0v) is 16.1.